The maximum Gasteiger partial charge on any atom is 0.314 e. The molecule has 0 unspecified atom stereocenters. The number of aliphatic carboxylic acids is 1. The highest BCUT2D eigenvalue weighted by Crippen LogP contribution is 2.51. The summed E-state index contributed by atoms with van der Waals surface area (Å²) in [6.45, 7) is 1.96. The highest BCUT2D eigenvalue weighted by Gasteiger charge is 2.53. The molecule has 3 heteroatoms. The van der Waals surface area contributed by atoms with Crippen LogP contribution in [0.25, 0.3) is 0 Å². The van der Waals surface area contributed by atoms with Gasteiger partial charge in [0.25, 0.3) is 0 Å². The zero-order chi connectivity index (χ0) is 11.1. The Bertz CT molecular complexity index is 405. The Labute approximate surface area is 88.7 Å². The number of ether oxygens (including phenoxy) is 1. The number of carboxylic acid groups (broad SMARTS) is 1. The van der Waals surface area contributed by atoms with Gasteiger partial charge in [-0.1, -0.05) is 17.7 Å². The lowest BCUT2D eigenvalue weighted by Gasteiger charge is -2.15. The first-order valence-electron chi connectivity index (χ1n) is 4.99. The third-order valence-corrected chi connectivity index (χ3v) is 3.03. The van der Waals surface area contributed by atoms with Crippen LogP contribution in [0.15, 0.2) is 18.2 Å². The Hall–Kier alpha value is -1.51. The predicted octanol–water partition coefficient (Wildman–Crippen LogP) is 2.12. The largest absolute Gasteiger partial charge is 0.496 e. The van der Waals surface area contributed by atoms with Gasteiger partial charge in [0, 0.05) is 5.56 Å². The zero-order valence-corrected chi connectivity index (χ0v) is 8.91. The number of benzene rings is 1. The number of carbonyl (C=O) groups is 1. The van der Waals surface area contributed by atoms with E-state index in [1.807, 2.05) is 25.1 Å². The zero-order valence-electron chi connectivity index (χ0n) is 8.91. The lowest BCUT2D eigenvalue weighted by atomic mass is 9.93. The van der Waals surface area contributed by atoms with Crippen molar-refractivity contribution in [2.45, 2.75) is 25.2 Å². The Morgan fingerprint density at radius 2 is 2.13 bits per heavy atom. The van der Waals surface area contributed by atoms with Crippen LogP contribution >= 0.6 is 0 Å². The first-order valence-corrected chi connectivity index (χ1v) is 4.99. The van der Waals surface area contributed by atoms with Crippen molar-refractivity contribution in [2.75, 3.05) is 7.11 Å². The Morgan fingerprint density at radius 1 is 1.47 bits per heavy atom. The summed E-state index contributed by atoms with van der Waals surface area (Å²) < 4.78 is 5.21. The van der Waals surface area contributed by atoms with Crippen molar-refractivity contribution in [1.82, 2.24) is 0 Å². The minimum Gasteiger partial charge on any atom is -0.496 e. The van der Waals surface area contributed by atoms with E-state index in [2.05, 4.69) is 0 Å². The summed E-state index contributed by atoms with van der Waals surface area (Å²) in [4.78, 5) is 11.2. The van der Waals surface area contributed by atoms with Crippen molar-refractivity contribution in [3.05, 3.63) is 29.3 Å². The average Bonchev–Trinajstić information content (AvgIpc) is 2.98. The van der Waals surface area contributed by atoms with Crippen LogP contribution in [0.1, 0.15) is 24.0 Å². The van der Waals surface area contributed by atoms with E-state index in [-0.39, 0.29) is 0 Å². The minimum atomic E-state index is -0.744. The molecule has 0 spiro atoms. The van der Waals surface area contributed by atoms with Gasteiger partial charge >= 0.3 is 5.97 Å². The maximum absolute atomic E-state index is 11.2. The standard InChI is InChI=1S/C12H14O3/c1-8-3-4-10(15-2)9(7-8)12(5-6-12)11(13)14/h3-4,7H,5-6H2,1-2H3,(H,13,14). The molecule has 80 valence electrons. The van der Waals surface area contributed by atoms with Gasteiger partial charge in [0.15, 0.2) is 0 Å². The second kappa shape index (κ2) is 3.26. The quantitative estimate of drug-likeness (QED) is 0.824. The van der Waals surface area contributed by atoms with E-state index in [0.717, 1.165) is 11.1 Å². The van der Waals surface area contributed by atoms with Crippen LogP contribution in [-0.2, 0) is 10.2 Å². The number of hydrogen-bond acceptors (Lipinski definition) is 2. The molecule has 0 radical (unpaired) electrons. The van der Waals surface area contributed by atoms with Crippen molar-refractivity contribution in [3.8, 4) is 5.75 Å². The molecule has 0 amide bonds. The minimum absolute atomic E-state index is 0.681. The molecular weight excluding hydrogens is 192 g/mol. The molecule has 0 atom stereocenters. The second-order valence-electron chi connectivity index (χ2n) is 4.09. The Balaban J connectivity index is 2.51. The molecular formula is C12H14O3. The smallest absolute Gasteiger partial charge is 0.314 e. The lowest BCUT2D eigenvalue weighted by molar-refractivity contribution is -0.140. The highest BCUT2D eigenvalue weighted by molar-refractivity contribution is 5.86. The van der Waals surface area contributed by atoms with Gasteiger partial charge in [0.05, 0.1) is 12.5 Å². The van der Waals surface area contributed by atoms with E-state index in [1.165, 1.54) is 0 Å². The molecule has 1 N–H and O–H groups in total. The lowest BCUT2D eigenvalue weighted by Crippen LogP contribution is -2.20. The van der Waals surface area contributed by atoms with Gasteiger partial charge in [-0.3, -0.25) is 4.79 Å². The summed E-state index contributed by atoms with van der Waals surface area (Å²) >= 11 is 0. The summed E-state index contributed by atoms with van der Waals surface area (Å²) in [6.07, 6.45) is 1.42. The number of hydrogen-bond donors (Lipinski definition) is 1. The molecule has 0 heterocycles. The molecule has 3 nitrogen and oxygen atoms in total. The predicted molar refractivity (Wildman–Crippen MR) is 56.3 cm³/mol. The van der Waals surface area contributed by atoms with Crippen molar-refractivity contribution < 1.29 is 14.6 Å². The molecule has 1 aromatic carbocycles. The Kier molecular flexibility index (Phi) is 2.18. The summed E-state index contributed by atoms with van der Waals surface area (Å²) in [6, 6.07) is 5.69. The van der Waals surface area contributed by atoms with Crippen LogP contribution in [0, 0.1) is 6.92 Å². The summed E-state index contributed by atoms with van der Waals surface area (Å²) in [5.41, 5.74) is 1.20. The van der Waals surface area contributed by atoms with E-state index in [4.69, 9.17) is 4.74 Å². The monoisotopic (exact) mass is 206 g/mol. The van der Waals surface area contributed by atoms with Crippen molar-refractivity contribution in [3.63, 3.8) is 0 Å². The van der Waals surface area contributed by atoms with E-state index in [0.29, 0.717) is 18.6 Å². The number of rotatable bonds is 3. The topological polar surface area (TPSA) is 46.5 Å². The van der Waals surface area contributed by atoms with Crippen LogP contribution in [0.4, 0.5) is 0 Å². The first-order chi connectivity index (χ1) is 7.10. The van der Waals surface area contributed by atoms with Gasteiger partial charge in [0.2, 0.25) is 0 Å². The summed E-state index contributed by atoms with van der Waals surface area (Å²) in [5.74, 6) is -0.0631. The molecule has 0 aromatic heterocycles. The molecule has 1 fully saturated rings. The number of aryl methyl sites for hydroxylation is 1. The summed E-state index contributed by atoms with van der Waals surface area (Å²) in [5, 5.41) is 9.21. The molecule has 1 saturated carbocycles. The fourth-order valence-corrected chi connectivity index (χ4v) is 1.92. The van der Waals surface area contributed by atoms with Crippen molar-refractivity contribution in [2.24, 2.45) is 0 Å². The first kappa shape index (κ1) is 10.0. The van der Waals surface area contributed by atoms with Crippen LogP contribution in [0.5, 0.6) is 5.75 Å². The van der Waals surface area contributed by atoms with Crippen LogP contribution in [0.3, 0.4) is 0 Å². The molecule has 0 bridgehead atoms. The van der Waals surface area contributed by atoms with Gasteiger partial charge in [-0.25, -0.2) is 0 Å². The van der Waals surface area contributed by atoms with Gasteiger partial charge in [-0.15, -0.1) is 0 Å². The maximum atomic E-state index is 11.2. The fourth-order valence-electron chi connectivity index (χ4n) is 1.92. The van der Waals surface area contributed by atoms with Gasteiger partial charge in [-0.05, 0) is 25.8 Å². The van der Waals surface area contributed by atoms with Gasteiger partial charge in [-0.2, -0.15) is 0 Å². The second-order valence-corrected chi connectivity index (χ2v) is 4.09. The third kappa shape index (κ3) is 1.48. The molecule has 1 aliphatic carbocycles. The number of methoxy groups -OCH3 is 1. The molecule has 1 aromatic rings. The number of carboxylic acids is 1. The van der Waals surface area contributed by atoms with Gasteiger partial charge in [0.1, 0.15) is 5.75 Å². The van der Waals surface area contributed by atoms with Crippen LogP contribution in [0.2, 0.25) is 0 Å². The third-order valence-electron chi connectivity index (χ3n) is 3.03. The van der Waals surface area contributed by atoms with Crippen LogP contribution < -0.4 is 4.74 Å². The van der Waals surface area contributed by atoms with Crippen LogP contribution in [-0.4, -0.2) is 18.2 Å². The van der Waals surface area contributed by atoms with E-state index >= 15 is 0 Å². The normalized spacial score (nSPS) is 17.2. The van der Waals surface area contributed by atoms with E-state index in [1.54, 1.807) is 7.11 Å². The molecule has 0 saturated heterocycles. The molecule has 0 aliphatic heterocycles. The fraction of sp³-hybridized carbons (Fsp3) is 0.417. The molecule has 1 aliphatic rings. The molecule has 15 heavy (non-hydrogen) atoms. The Morgan fingerprint density at radius 3 is 2.60 bits per heavy atom. The van der Waals surface area contributed by atoms with E-state index in [9.17, 15) is 9.90 Å². The van der Waals surface area contributed by atoms with E-state index < -0.39 is 11.4 Å². The van der Waals surface area contributed by atoms with Crippen molar-refractivity contribution in [1.29, 1.82) is 0 Å². The van der Waals surface area contributed by atoms with Crippen molar-refractivity contribution >= 4 is 5.97 Å². The molecule has 2 rings (SSSR count). The summed E-state index contributed by atoms with van der Waals surface area (Å²) in [7, 11) is 1.58. The van der Waals surface area contributed by atoms with Gasteiger partial charge < -0.3 is 9.84 Å². The highest BCUT2D eigenvalue weighted by atomic mass is 16.5. The average molecular weight is 206 g/mol. The SMILES string of the molecule is COc1ccc(C)cc1C1(C(=O)O)CC1.